The summed E-state index contributed by atoms with van der Waals surface area (Å²) in [5, 5.41) is 2.73. The lowest BCUT2D eigenvalue weighted by molar-refractivity contribution is -0.149. The highest BCUT2D eigenvalue weighted by Gasteiger charge is 2.50. The minimum absolute atomic E-state index is 0.0548. The lowest BCUT2D eigenvalue weighted by Crippen LogP contribution is -2.46. The first-order valence-corrected chi connectivity index (χ1v) is 5.91. The normalized spacial score (nSPS) is 31.0. The van der Waals surface area contributed by atoms with E-state index in [1.807, 2.05) is 6.92 Å². The molecule has 1 heterocycles. The van der Waals surface area contributed by atoms with E-state index in [1.165, 1.54) is 0 Å². The molecule has 3 atom stereocenters. The fourth-order valence-corrected chi connectivity index (χ4v) is 2.30. The molecule has 1 amide bonds. The predicted molar refractivity (Wildman–Crippen MR) is 60.7 cm³/mol. The molecule has 92 valence electrons. The summed E-state index contributed by atoms with van der Waals surface area (Å²) in [6, 6.07) is -0.491. The van der Waals surface area contributed by atoms with E-state index < -0.39 is 6.04 Å². The van der Waals surface area contributed by atoms with Gasteiger partial charge in [0.15, 0.2) is 0 Å². The molecule has 0 aromatic heterocycles. The summed E-state index contributed by atoms with van der Waals surface area (Å²) in [5.41, 5.74) is -0.321. The van der Waals surface area contributed by atoms with E-state index >= 15 is 0 Å². The molecule has 0 saturated carbocycles. The number of carbonyl (C=O) groups excluding carboxylic acids is 2. The highest BCUT2D eigenvalue weighted by atomic mass is 16.5. The van der Waals surface area contributed by atoms with Crippen LogP contribution in [-0.4, -0.2) is 24.5 Å². The summed E-state index contributed by atoms with van der Waals surface area (Å²) >= 11 is 0. The smallest absolute Gasteiger partial charge is 0.329 e. The van der Waals surface area contributed by atoms with Crippen molar-refractivity contribution in [3.05, 3.63) is 0 Å². The van der Waals surface area contributed by atoms with E-state index in [0.717, 1.165) is 6.42 Å². The van der Waals surface area contributed by atoms with E-state index in [9.17, 15) is 9.59 Å². The third-order valence-electron chi connectivity index (χ3n) is 3.77. The zero-order valence-electron chi connectivity index (χ0n) is 10.5. The van der Waals surface area contributed by atoms with Gasteiger partial charge in [-0.3, -0.25) is 4.79 Å². The average molecular weight is 227 g/mol. The first kappa shape index (κ1) is 13.0. The van der Waals surface area contributed by atoms with Crippen LogP contribution in [0.15, 0.2) is 0 Å². The lowest BCUT2D eigenvalue weighted by atomic mass is 9.71. The molecule has 0 radical (unpaired) electrons. The molecular formula is C12H21NO3. The van der Waals surface area contributed by atoms with Gasteiger partial charge in [0.2, 0.25) is 5.91 Å². The number of amides is 1. The quantitative estimate of drug-likeness (QED) is 0.740. The van der Waals surface area contributed by atoms with Crippen molar-refractivity contribution >= 4 is 11.9 Å². The van der Waals surface area contributed by atoms with Crippen LogP contribution in [0.3, 0.4) is 0 Å². The number of hydrogen-bond donors (Lipinski definition) is 1. The van der Waals surface area contributed by atoms with Crippen LogP contribution in [0.2, 0.25) is 0 Å². The number of esters is 1. The Bertz CT molecular complexity index is 290. The maximum Gasteiger partial charge on any atom is 0.329 e. The van der Waals surface area contributed by atoms with Gasteiger partial charge in [0.05, 0.1) is 6.61 Å². The van der Waals surface area contributed by atoms with Crippen LogP contribution in [0.4, 0.5) is 0 Å². The Morgan fingerprint density at radius 1 is 1.62 bits per heavy atom. The molecule has 0 aliphatic carbocycles. The standard InChI is InChI=1S/C12H21NO3/c1-5-8(3)12(4)7-9(14)13-10(12)11(15)16-6-2/h8,10H,5-7H2,1-4H3,(H,13,14). The van der Waals surface area contributed by atoms with Gasteiger partial charge >= 0.3 is 5.97 Å². The van der Waals surface area contributed by atoms with E-state index in [2.05, 4.69) is 19.2 Å². The highest BCUT2D eigenvalue weighted by molar-refractivity contribution is 5.89. The third-order valence-corrected chi connectivity index (χ3v) is 3.77. The van der Waals surface area contributed by atoms with Crippen molar-refractivity contribution in [1.82, 2.24) is 5.32 Å². The van der Waals surface area contributed by atoms with E-state index in [1.54, 1.807) is 6.92 Å². The van der Waals surface area contributed by atoms with Gasteiger partial charge in [-0.1, -0.05) is 27.2 Å². The van der Waals surface area contributed by atoms with Gasteiger partial charge in [0.1, 0.15) is 6.04 Å². The second-order valence-electron chi connectivity index (χ2n) is 4.74. The topological polar surface area (TPSA) is 55.4 Å². The second-order valence-corrected chi connectivity index (χ2v) is 4.74. The molecule has 1 aliphatic rings. The van der Waals surface area contributed by atoms with Crippen molar-refractivity contribution in [1.29, 1.82) is 0 Å². The molecule has 0 aromatic rings. The monoisotopic (exact) mass is 227 g/mol. The molecule has 1 saturated heterocycles. The average Bonchev–Trinajstić information content (AvgIpc) is 2.54. The molecule has 16 heavy (non-hydrogen) atoms. The summed E-state index contributed by atoms with van der Waals surface area (Å²) < 4.78 is 5.01. The Morgan fingerprint density at radius 3 is 2.75 bits per heavy atom. The van der Waals surface area contributed by atoms with Crippen LogP contribution in [0.1, 0.15) is 40.5 Å². The third kappa shape index (κ3) is 2.20. The van der Waals surface area contributed by atoms with Crippen molar-refractivity contribution < 1.29 is 14.3 Å². The van der Waals surface area contributed by atoms with E-state index in [-0.39, 0.29) is 17.3 Å². The molecule has 4 nitrogen and oxygen atoms in total. The number of carbonyl (C=O) groups is 2. The Labute approximate surface area is 96.7 Å². The summed E-state index contributed by atoms with van der Waals surface area (Å²) in [6.07, 6.45) is 1.35. The van der Waals surface area contributed by atoms with Gasteiger partial charge in [0.25, 0.3) is 0 Å². The Hall–Kier alpha value is -1.06. The zero-order valence-corrected chi connectivity index (χ0v) is 10.5. The minimum atomic E-state index is -0.491. The minimum Gasteiger partial charge on any atom is -0.464 e. The number of rotatable bonds is 4. The molecule has 0 aromatic carbocycles. The van der Waals surface area contributed by atoms with Crippen molar-refractivity contribution in [3.63, 3.8) is 0 Å². The van der Waals surface area contributed by atoms with Crippen LogP contribution < -0.4 is 5.32 Å². The first-order chi connectivity index (χ1) is 7.45. The van der Waals surface area contributed by atoms with Gasteiger partial charge in [-0.2, -0.15) is 0 Å². The predicted octanol–water partition coefficient (Wildman–Crippen LogP) is 1.49. The Kier molecular flexibility index (Phi) is 3.94. The Balaban J connectivity index is 2.88. The highest BCUT2D eigenvalue weighted by Crippen LogP contribution is 2.41. The van der Waals surface area contributed by atoms with Crippen molar-refractivity contribution in [3.8, 4) is 0 Å². The second kappa shape index (κ2) is 4.85. The van der Waals surface area contributed by atoms with Gasteiger partial charge in [-0.05, 0) is 12.8 Å². The maximum absolute atomic E-state index is 11.8. The Morgan fingerprint density at radius 2 is 2.25 bits per heavy atom. The summed E-state index contributed by atoms with van der Waals surface area (Å²) in [5.74, 6) is -0.0575. The van der Waals surface area contributed by atoms with Crippen LogP contribution in [0.25, 0.3) is 0 Å². The number of ether oxygens (including phenoxy) is 1. The fourth-order valence-electron chi connectivity index (χ4n) is 2.30. The lowest BCUT2D eigenvalue weighted by Gasteiger charge is -2.34. The van der Waals surface area contributed by atoms with E-state index in [4.69, 9.17) is 4.74 Å². The molecule has 1 aliphatic heterocycles. The molecule has 1 fully saturated rings. The van der Waals surface area contributed by atoms with Crippen LogP contribution >= 0.6 is 0 Å². The van der Waals surface area contributed by atoms with Crippen LogP contribution in [0.5, 0.6) is 0 Å². The fraction of sp³-hybridized carbons (Fsp3) is 0.833. The number of nitrogens with one attached hydrogen (secondary N) is 1. The van der Waals surface area contributed by atoms with Crippen molar-refractivity contribution in [2.75, 3.05) is 6.61 Å². The molecule has 0 bridgehead atoms. The maximum atomic E-state index is 11.8. The van der Waals surface area contributed by atoms with Crippen molar-refractivity contribution in [2.45, 2.75) is 46.6 Å². The summed E-state index contributed by atoms with van der Waals surface area (Å²) in [7, 11) is 0. The SMILES string of the molecule is CCOC(=O)C1NC(=O)CC1(C)C(C)CC. The number of hydrogen-bond acceptors (Lipinski definition) is 3. The van der Waals surface area contributed by atoms with Crippen molar-refractivity contribution in [2.24, 2.45) is 11.3 Å². The molecule has 1 rings (SSSR count). The molecule has 0 spiro atoms. The van der Waals surface area contributed by atoms with Gasteiger partial charge in [-0.15, -0.1) is 0 Å². The van der Waals surface area contributed by atoms with Gasteiger partial charge in [0, 0.05) is 11.8 Å². The van der Waals surface area contributed by atoms with Crippen LogP contribution in [-0.2, 0) is 14.3 Å². The molecular weight excluding hydrogens is 206 g/mol. The summed E-state index contributed by atoms with van der Waals surface area (Å²) in [6.45, 7) is 8.26. The molecule has 1 N–H and O–H groups in total. The molecule has 3 unspecified atom stereocenters. The van der Waals surface area contributed by atoms with E-state index in [0.29, 0.717) is 18.9 Å². The van der Waals surface area contributed by atoms with Crippen LogP contribution in [0, 0.1) is 11.3 Å². The van der Waals surface area contributed by atoms with Gasteiger partial charge in [-0.25, -0.2) is 4.79 Å². The largest absolute Gasteiger partial charge is 0.464 e. The summed E-state index contributed by atoms with van der Waals surface area (Å²) in [4.78, 5) is 23.3. The first-order valence-electron chi connectivity index (χ1n) is 5.91. The molecule has 4 heteroatoms. The van der Waals surface area contributed by atoms with Gasteiger partial charge < -0.3 is 10.1 Å². The zero-order chi connectivity index (χ0) is 12.3.